The number of benzene rings is 2. The van der Waals surface area contributed by atoms with Crippen molar-refractivity contribution in [2.45, 2.75) is 19.4 Å². The molecule has 10 nitrogen and oxygen atoms in total. The van der Waals surface area contributed by atoms with Gasteiger partial charge in [0, 0.05) is 62.5 Å². The summed E-state index contributed by atoms with van der Waals surface area (Å²) in [5, 5.41) is 13.2. The molecule has 6 rings (SSSR count). The Bertz CT molecular complexity index is 1700. The molecule has 0 atom stereocenters. The van der Waals surface area contributed by atoms with E-state index in [-0.39, 0.29) is 17.6 Å². The van der Waals surface area contributed by atoms with E-state index < -0.39 is 0 Å². The van der Waals surface area contributed by atoms with Crippen LogP contribution in [-0.2, 0) is 11.3 Å². The largest absolute Gasteiger partial charge is 0.450 e. The number of aryl methyl sites for hydroxylation is 1. The molecule has 0 aliphatic carbocycles. The number of hydrogen-bond acceptors (Lipinski definition) is 6. The molecule has 2 amide bonds. The first-order valence-corrected chi connectivity index (χ1v) is 13.2. The standard InChI is InChI=1S/C30H29N7O3/c1-34(2)30(39)27-17-23-15-22(21-7-6-12-35(19-21)28(38)10-13-36-14-11-31-33-36)16-26(29(23)40-27)24-18-32-37(20-24)25-8-4-3-5-9-25/h3-5,7-9,11,14-18,20H,6,10,12-13,19H2,1-2H3. The predicted octanol–water partition coefficient (Wildman–Crippen LogP) is 4.28. The van der Waals surface area contributed by atoms with Gasteiger partial charge in [-0.15, -0.1) is 5.10 Å². The van der Waals surface area contributed by atoms with Crippen molar-refractivity contribution in [1.29, 1.82) is 0 Å². The molecule has 4 heterocycles. The fraction of sp³-hybridized carbons (Fsp3) is 0.233. The van der Waals surface area contributed by atoms with Crippen molar-refractivity contribution < 1.29 is 14.0 Å². The normalized spacial score (nSPS) is 13.4. The third kappa shape index (κ3) is 5.03. The van der Waals surface area contributed by atoms with Crippen LogP contribution in [0.4, 0.5) is 0 Å². The van der Waals surface area contributed by atoms with Gasteiger partial charge in [0.25, 0.3) is 5.91 Å². The second kappa shape index (κ2) is 10.6. The Balaban J connectivity index is 1.35. The summed E-state index contributed by atoms with van der Waals surface area (Å²) in [6.45, 7) is 1.67. The third-order valence-electron chi connectivity index (χ3n) is 7.05. The molecule has 3 aromatic heterocycles. The molecule has 0 saturated carbocycles. The first kappa shape index (κ1) is 25.3. The maximum Gasteiger partial charge on any atom is 0.289 e. The van der Waals surface area contributed by atoms with E-state index in [1.54, 1.807) is 43.4 Å². The van der Waals surface area contributed by atoms with Crippen LogP contribution in [0.2, 0.25) is 0 Å². The maximum atomic E-state index is 13.0. The lowest BCUT2D eigenvalue weighted by atomic mass is 9.95. The van der Waals surface area contributed by atoms with Gasteiger partial charge in [-0.3, -0.25) is 14.3 Å². The summed E-state index contributed by atoms with van der Waals surface area (Å²) in [6, 6.07) is 15.8. The highest BCUT2D eigenvalue weighted by Crippen LogP contribution is 2.36. The third-order valence-corrected chi connectivity index (χ3v) is 7.05. The van der Waals surface area contributed by atoms with E-state index in [4.69, 9.17) is 4.42 Å². The highest BCUT2D eigenvalue weighted by Gasteiger charge is 2.23. The second-order valence-corrected chi connectivity index (χ2v) is 10.0. The van der Waals surface area contributed by atoms with Crippen LogP contribution in [0.5, 0.6) is 0 Å². The van der Waals surface area contributed by atoms with E-state index in [0.29, 0.717) is 31.6 Å². The number of carbonyl (C=O) groups is 2. The molecule has 0 N–H and O–H groups in total. The van der Waals surface area contributed by atoms with E-state index in [2.05, 4.69) is 27.6 Å². The zero-order valence-electron chi connectivity index (χ0n) is 22.4. The number of amides is 2. The SMILES string of the molecule is CN(C)C(=O)c1cc2cc(C3=CCCN(C(=O)CCn4ccnn4)C3)cc(-c3cnn(-c4ccccc4)c3)c2o1. The highest BCUT2D eigenvalue weighted by molar-refractivity contribution is 6.01. The monoisotopic (exact) mass is 535 g/mol. The lowest BCUT2D eigenvalue weighted by Crippen LogP contribution is -2.35. The minimum atomic E-state index is -0.204. The number of fused-ring (bicyclic) bond motifs is 1. The maximum absolute atomic E-state index is 13.0. The van der Waals surface area contributed by atoms with Crippen molar-refractivity contribution in [2.75, 3.05) is 27.2 Å². The van der Waals surface area contributed by atoms with Crippen LogP contribution < -0.4 is 0 Å². The Hall–Kier alpha value is -4.99. The van der Waals surface area contributed by atoms with Crippen LogP contribution in [0.3, 0.4) is 0 Å². The molecule has 0 radical (unpaired) electrons. The van der Waals surface area contributed by atoms with Crippen LogP contribution >= 0.6 is 0 Å². The van der Waals surface area contributed by atoms with Crippen LogP contribution in [0, 0.1) is 0 Å². The number of para-hydroxylation sites is 1. The van der Waals surface area contributed by atoms with Crippen molar-refractivity contribution in [3.05, 3.63) is 90.7 Å². The average molecular weight is 536 g/mol. The topological polar surface area (TPSA) is 102 Å². The van der Waals surface area contributed by atoms with Crippen LogP contribution in [0.15, 0.2) is 83.8 Å². The molecule has 0 fully saturated rings. The Kier molecular flexibility index (Phi) is 6.73. The van der Waals surface area contributed by atoms with Crippen molar-refractivity contribution in [1.82, 2.24) is 34.6 Å². The number of rotatable bonds is 7. The van der Waals surface area contributed by atoms with E-state index in [9.17, 15) is 9.59 Å². The molecule has 40 heavy (non-hydrogen) atoms. The van der Waals surface area contributed by atoms with Gasteiger partial charge >= 0.3 is 0 Å². The molecule has 1 aliphatic heterocycles. The van der Waals surface area contributed by atoms with Gasteiger partial charge in [-0.1, -0.05) is 29.5 Å². The van der Waals surface area contributed by atoms with Gasteiger partial charge in [0.15, 0.2) is 5.76 Å². The van der Waals surface area contributed by atoms with Crippen LogP contribution in [-0.4, -0.2) is 73.6 Å². The summed E-state index contributed by atoms with van der Waals surface area (Å²) < 4.78 is 9.62. The van der Waals surface area contributed by atoms with E-state index >= 15 is 0 Å². The average Bonchev–Trinajstić information content (AvgIpc) is 3.76. The van der Waals surface area contributed by atoms with Crippen molar-refractivity contribution in [2.24, 2.45) is 0 Å². The van der Waals surface area contributed by atoms with E-state index in [1.807, 2.05) is 52.2 Å². The molecule has 5 aromatic rings. The van der Waals surface area contributed by atoms with Gasteiger partial charge < -0.3 is 14.2 Å². The molecule has 10 heteroatoms. The smallest absolute Gasteiger partial charge is 0.289 e. The minimum Gasteiger partial charge on any atom is -0.450 e. The first-order chi connectivity index (χ1) is 19.5. The Morgan fingerprint density at radius 1 is 1.07 bits per heavy atom. The molecular weight excluding hydrogens is 506 g/mol. The number of aromatic nitrogens is 5. The van der Waals surface area contributed by atoms with Crippen LogP contribution in [0.25, 0.3) is 33.4 Å². The fourth-order valence-corrected chi connectivity index (χ4v) is 4.95. The molecule has 0 bridgehead atoms. The Morgan fingerprint density at radius 2 is 1.93 bits per heavy atom. The van der Waals surface area contributed by atoms with Gasteiger partial charge in [-0.25, -0.2) is 4.68 Å². The molecule has 1 aliphatic rings. The summed E-state index contributed by atoms with van der Waals surface area (Å²) in [4.78, 5) is 29.2. The van der Waals surface area contributed by atoms with Gasteiger partial charge in [-0.2, -0.15) is 5.10 Å². The molecule has 0 saturated heterocycles. The highest BCUT2D eigenvalue weighted by atomic mass is 16.3. The fourth-order valence-electron chi connectivity index (χ4n) is 4.95. The van der Waals surface area contributed by atoms with Crippen molar-refractivity contribution >= 4 is 28.4 Å². The van der Waals surface area contributed by atoms with Crippen LogP contribution in [0.1, 0.15) is 29.0 Å². The van der Waals surface area contributed by atoms with Gasteiger partial charge in [-0.05, 0) is 47.9 Å². The lowest BCUT2D eigenvalue weighted by Gasteiger charge is -2.28. The summed E-state index contributed by atoms with van der Waals surface area (Å²) in [5.41, 5.74) is 5.31. The number of furan rings is 1. The van der Waals surface area contributed by atoms with Gasteiger partial charge in [0.1, 0.15) is 5.58 Å². The Labute approximate surface area is 231 Å². The van der Waals surface area contributed by atoms with E-state index in [1.165, 1.54) is 4.90 Å². The second-order valence-electron chi connectivity index (χ2n) is 10.0. The van der Waals surface area contributed by atoms with E-state index in [0.717, 1.165) is 39.8 Å². The molecule has 0 unspecified atom stereocenters. The molecule has 2 aromatic carbocycles. The van der Waals surface area contributed by atoms with Gasteiger partial charge in [0.05, 0.1) is 24.6 Å². The summed E-state index contributed by atoms with van der Waals surface area (Å²) >= 11 is 0. The summed E-state index contributed by atoms with van der Waals surface area (Å²) in [7, 11) is 3.40. The zero-order valence-corrected chi connectivity index (χ0v) is 22.4. The number of hydrogen-bond donors (Lipinski definition) is 0. The number of nitrogens with zero attached hydrogens (tertiary/aromatic N) is 7. The van der Waals surface area contributed by atoms with Crippen molar-refractivity contribution in [3.63, 3.8) is 0 Å². The van der Waals surface area contributed by atoms with Gasteiger partial charge in [0.2, 0.25) is 5.91 Å². The van der Waals surface area contributed by atoms with Crippen molar-refractivity contribution in [3.8, 4) is 16.8 Å². The summed E-state index contributed by atoms with van der Waals surface area (Å²) in [5.74, 6) is 0.148. The predicted molar refractivity (Wildman–Crippen MR) is 151 cm³/mol. The first-order valence-electron chi connectivity index (χ1n) is 13.2. The Morgan fingerprint density at radius 3 is 2.70 bits per heavy atom. The summed E-state index contributed by atoms with van der Waals surface area (Å²) in [6.07, 6.45) is 10.4. The number of carbonyl (C=O) groups excluding carboxylic acids is 2. The molecule has 202 valence electrons. The zero-order chi connectivity index (χ0) is 27.6. The molecule has 0 spiro atoms. The minimum absolute atomic E-state index is 0.0775. The quantitative estimate of drug-likeness (QED) is 0.308. The lowest BCUT2D eigenvalue weighted by molar-refractivity contribution is -0.131. The molecular formula is C30H29N7O3.